The number of carbonyl (C=O) groups is 2. The van der Waals surface area contributed by atoms with Crippen LogP contribution in [0.1, 0.15) is 30.6 Å². The Labute approximate surface area is 115 Å². The number of carboxylic acid groups (broad SMARTS) is 1. The maximum Gasteiger partial charge on any atom is 0.326 e. The third-order valence-corrected chi connectivity index (χ3v) is 2.78. The minimum atomic E-state index is -1.10. The van der Waals surface area contributed by atoms with Crippen molar-refractivity contribution in [1.82, 2.24) is 5.32 Å². The van der Waals surface area contributed by atoms with Gasteiger partial charge in [-0.05, 0) is 30.5 Å². The summed E-state index contributed by atoms with van der Waals surface area (Å²) in [5, 5.41) is 11.2. The van der Waals surface area contributed by atoms with Crippen LogP contribution in [0.15, 0.2) is 18.2 Å². The van der Waals surface area contributed by atoms with Crippen LogP contribution >= 0.6 is 11.6 Å². The van der Waals surface area contributed by atoms with Crippen LogP contribution in [0.2, 0.25) is 5.02 Å². The fraction of sp³-hybridized carbons (Fsp3) is 0.385. The summed E-state index contributed by atoms with van der Waals surface area (Å²) in [4.78, 5) is 22.9. The highest BCUT2D eigenvalue weighted by Gasteiger charge is 2.22. The molecule has 4 nitrogen and oxygen atoms in total. The Morgan fingerprint density at radius 1 is 1.42 bits per heavy atom. The standard InChI is InChI=1S/C13H15ClFNO3/c1-7(2)5-11(13(18)19)16-12(17)8-3-4-10(15)9(14)6-8/h3-4,6-7,11H,5H2,1-2H3,(H,16,17)(H,18,19)/t11-/m1/s1. The highest BCUT2D eigenvalue weighted by molar-refractivity contribution is 6.31. The van der Waals surface area contributed by atoms with E-state index in [-0.39, 0.29) is 16.5 Å². The van der Waals surface area contributed by atoms with Gasteiger partial charge in [-0.15, -0.1) is 0 Å². The predicted molar refractivity (Wildman–Crippen MR) is 69.8 cm³/mol. The number of hydrogen-bond acceptors (Lipinski definition) is 2. The molecular formula is C13H15ClFNO3. The van der Waals surface area contributed by atoms with E-state index in [0.717, 1.165) is 6.07 Å². The molecule has 0 unspecified atom stereocenters. The molecule has 1 atom stereocenters. The largest absolute Gasteiger partial charge is 0.480 e. The van der Waals surface area contributed by atoms with Crippen molar-refractivity contribution in [3.05, 3.63) is 34.6 Å². The first-order valence-electron chi connectivity index (χ1n) is 5.80. The van der Waals surface area contributed by atoms with E-state index in [9.17, 15) is 14.0 Å². The fourth-order valence-electron chi connectivity index (χ4n) is 1.57. The van der Waals surface area contributed by atoms with Gasteiger partial charge >= 0.3 is 5.97 Å². The SMILES string of the molecule is CC(C)C[C@@H](NC(=O)c1ccc(F)c(Cl)c1)C(=O)O. The molecule has 1 aromatic rings. The van der Waals surface area contributed by atoms with Crippen LogP contribution in [0.3, 0.4) is 0 Å². The lowest BCUT2D eigenvalue weighted by Crippen LogP contribution is -2.41. The first kappa shape index (κ1) is 15.4. The minimum absolute atomic E-state index is 0.123. The van der Waals surface area contributed by atoms with Gasteiger partial charge in [-0.2, -0.15) is 0 Å². The van der Waals surface area contributed by atoms with E-state index in [1.54, 1.807) is 0 Å². The zero-order valence-electron chi connectivity index (χ0n) is 10.6. The molecule has 0 heterocycles. The van der Waals surface area contributed by atoms with Gasteiger partial charge in [-0.3, -0.25) is 4.79 Å². The van der Waals surface area contributed by atoms with Gasteiger partial charge in [0.2, 0.25) is 0 Å². The number of nitrogens with one attached hydrogen (secondary N) is 1. The minimum Gasteiger partial charge on any atom is -0.480 e. The van der Waals surface area contributed by atoms with Crippen molar-refractivity contribution < 1.29 is 19.1 Å². The third-order valence-electron chi connectivity index (χ3n) is 2.49. The number of hydrogen-bond donors (Lipinski definition) is 2. The van der Waals surface area contributed by atoms with E-state index in [4.69, 9.17) is 16.7 Å². The molecule has 104 valence electrons. The van der Waals surface area contributed by atoms with Crippen molar-refractivity contribution in [2.45, 2.75) is 26.3 Å². The first-order valence-corrected chi connectivity index (χ1v) is 6.17. The van der Waals surface area contributed by atoms with Crippen molar-refractivity contribution in [3.63, 3.8) is 0 Å². The Kier molecular flexibility index (Phi) is 5.30. The maximum absolute atomic E-state index is 13.0. The average Bonchev–Trinajstić information content (AvgIpc) is 2.31. The lowest BCUT2D eigenvalue weighted by molar-refractivity contribution is -0.139. The summed E-state index contributed by atoms with van der Waals surface area (Å²) < 4.78 is 13.0. The maximum atomic E-state index is 13.0. The van der Waals surface area contributed by atoms with Gasteiger partial charge in [0.25, 0.3) is 5.91 Å². The zero-order valence-corrected chi connectivity index (χ0v) is 11.4. The summed E-state index contributed by atoms with van der Waals surface area (Å²) >= 11 is 5.57. The number of amides is 1. The Hall–Kier alpha value is -1.62. The van der Waals surface area contributed by atoms with Crippen molar-refractivity contribution in [2.75, 3.05) is 0 Å². The summed E-state index contributed by atoms with van der Waals surface area (Å²) in [7, 11) is 0. The molecule has 6 heteroatoms. The lowest BCUT2D eigenvalue weighted by Gasteiger charge is -2.16. The number of carboxylic acids is 1. The number of halogens is 2. The highest BCUT2D eigenvalue weighted by atomic mass is 35.5. The Balaban J connectivity index is 2.81. The van der Waals surface area contributed by atoms with Crippen molar-refractivity contribution in [3.8, 4) is 0 Å². The molecule has 0 aromatic heterocycles. The number of carbonyl (C=O) groups excluding carboxylic acids is 1. The normalized spacial score (nSPS) is 12.3. The van der Waals surface area contributed by atoms with E-state index in [1.165, 1.54) is 12.1 Å². The van der Waals surface area contributed by atoms with Crippen LogP contribution in [-0.2, 0) is 4.79 Å². The quantitative estimate of drug-likeness (QED) is 0.875. The third kappa shape index (κ3) is 4.52. The second kappa shape index (κ2) is 6.52. The van der Waals surface area contributed by atoms with Gasteiger partial charge < -0.3 is 10.4 Å². The van der Waals surface area contributed by atoms with Crippen molar-refractivity contribution in [1.29, 1.82) is 0 Å². The second-order valence-electron chi connectivity index (χ2n) is 4.62. The summed E-state index contributed by atoms with van der Waals surface area (Å²) in [6, 6.07) is 2.51. The molecule has 0 fully saturated rings. The topological polar surface area (TPSA) is 66.4 Å². The highest BCUT2D eigenvalue weighted by Crippen LogP contribution is 2.16. The fourth-order valence-corrected chi connectivity index (χ4v) is 1.75. The molecule has 19 heavy (non-hydrogen) atoms. The van der Waals surface area contributed by atoms with E-state index < -0.39 is 23.7 Å². The molecule has 0 saturated heterocycles. The lowest BCUT2D eigenvalue weighted by atomic mass is 10.0. The van der Waals surface area contributed by atoms with Gasteiger partial charge in [-0.25, -0.2) is 9.18 Å². The van der Waals surface area contributed by atoms with Gasteiger partial charge in [0.15, 0.2) is 0 Å². The molecular weight excluding hydrogens is 273 g/mol. The summed E-state index contributed by atoms with van der Waals surface area (Å²) in [5.41, 5.74) is 0.126. The molecule has 0 aliphatic carbocycles. The van der Waals surface area contributed by atoms with Crippen LogP contribution in [-0.4, -0.2) is 23.0 Å². The first-order chi connectivity index (χ1) is 8.81. The molecule has 0 aliphatic rings. The van der Waals surface area contributed by atoms with Crippen molar-refractivity contribution >= 4 is 23.5 Å². The Bertz CT molecular complexity index is 491. The van der Waals surface area contributed by atoms with E-state index in [1.807, 2.05) is 13.8 Å². The molecule has 0 radical (unpaired) electrons. The van der Waals surface area contributed by atoms with Crippen LogP contribution in [0.25, 0.3) is 0 Å². The predicted octanol–water partition coefficient (Wildman–Crippen LogP) is 2.71. The van der Waals surface area contributed by atoms with E-state index in [0.29, 0.717) is 6.42 Å². The average molecular weight is 288 g/mol. The van der Waals surface area contributed by atoms with E-state index >= 15 is 0 Å². The molecule has 0 bridgehead atoms. The van der Waals surface area contributed by atoms with Gasteiger partial charge in [0.1, 0.15) is 11.9 Å². The Morgan fingerprint density at radius 3 is 2.53 bits per heavy atom. The van der Waals surface area contributed by atoms with E-state index in [2.05, 4.69) is 5.32 Å². The van der Waals surface area contributed by atoms with Crippen molar-refractivity contribution in [2.24, 2.45) is 5.92 Å². The monoisotopic (exact) mass is 287 g/mol. The Morgan fingerprint density at radius 2 is 2.05 bits per heavy atom. The summed E-state index contributed by atoms with van der Waals surface area (Å²) in [5.74, 6) is -2.20. The molecule has 1 rings (SSSR count). The molecule has 0 saturated carbocycles. The summed E-state index contributed by atoms with van der Waals surface area (Å²) in [6.45, 7) is 3.72. The number of benzene rings is 1. The zero-order chi connectivity index (χ0) is 14.6. The molecule has 0 aliphatic heterocycles. The van der Waals surface area contributed by atoms with Crippen LogP contribution < -0.4 is 5.32 Å². The summed E-state index contributed by atoms with van der Waals surface area (Å²) in [6.07, 6.45) is 0.315. The van der Waals surface area contributed by atoms with Crippen LogP contribution in [0.4, 0.5) is 4.39 Å². The van der Waals surface area contributed by atoms with Gasteiger partial charge in [0.05, 0.1) is 5.02 Å². The molecule has 1 aromatic carbocycles. The molecule has 1 amide bonds. The van der Waals surface area contributed by atoms with Crippen LogP contribution in [0.5, 0.6) is 0 Å². The smallest absolute Gasteiger partial charge is 0.326 e. The number of rotatable bonds is 5. The van der Waals surface area contributed by atoms with Gasteiger partial charge in [-0.1, -0.05) is 25.4 Å². The van der Waals surface area contributed by atoms with Gasteiger partial charge in [0, 0.05) is 5.56 Å². The molecule has 0 spiro atoms. The second-order valence-corrected chi connectivity index (χ2v) is 5.03. The molecule has 2 N–H and O–H groups in total. The van der Waals surface area contributed by atoms with Crippen LogP contribution in [0, 0.1) is 11.7 Å². The number of aliphatic carboxylic acids is 1.